The van der Waals surface area contributed by atoms with Gasteiger partial charge in [0, 0.05) is 28.0 Å². The van der Waals surface area contributed by atoms with Crippen molar-refractivity contribution in [1.29, 1.82) is 0 Å². The van der Waals surface area contributed by atoms with Gasteiger partial charge in [0.15, 0.2) is 11.4 Å². The third kappa shape index (κ3) is 4.51. The van der Waals surface area contributed by atoms with Gasteiger partial charge in [0.1, 0.15) is 5.82 Å². The molecule has 0 fully saturated rings. The number of halogens is 2. The summed E-state index contributed by atoms with van der Waals surface area (Å²) in [6.07, 6.45) is 1.98. The molecule has 0 saturated heterocycles. The van der Waals surface area contributed by atoms with Crippen LogP contribution >= 0.6 is 23.2 Å². The maximum Gasteiger partial charge on any atom is 0.161 e. The fourth-order valence-electron chi connectivity index (χ4n) is 2.84. The first kappa shape index (κ1) is 18.6. The van der Waals surface area contributed by atoms with Gasteiger partial charge in [-0.1, -0.05) is 37.0 Å². The number of nitrogens with zero attached hydrogens (tertiary/aromatic N) is 2. The van der Waals surface area contributed by atoms with Gasteiger partial charge in [-0.05, 0) is 53.4 Å². The Bertz CT molecular complexity index is 937. The molecule has 4 nitrogen and oxygen atoms in total. The molecule has 2 heterocycles. The summed E-state index contributed by atoms with van der Waals surface area (Å²) in [5.41, 5.74) is 2.63. The molecule has 0 unspecified atom stereocenters. The van der Waals surface area contributed by atoms with E-state index in [0.29, 0.717) is 27.4 Å². The zero-order chi connectivity index (χ0) is 18.7. The lowest BCUT2D eigenvalue weighted by Gasteiger charge is -2.12. The van der Waals surface area contributed by atoms with Crippen LogP contribution < -0.4 is 5.32 Å². The van der Waals surface area contributed by atoms with Gasteiger partial charge in [0.05, 0.1) is 6.54 Å². The number of pyridine rings is 2. The van der Waals surface area contributed by atoms with Crippen LogP contribution in [0.2, 0.25) is 10.0 Å². The van der Waals surface area contributed by atoms with Crippen molar-refractivity contribution in [1.82, 2.24) is 9.97 Å². The number of Topliss-reactive ketones (excluding diaryl/α,β-unsaturated/α-hetero) is 1. The molecule has 0 saturated carbocycles. The van der Waals surface area contributed by atoms with E-state index in [2.05, 4.69) is 29.1 Å². The minimum atomic E-state index is 0.0253. The van der Waals surface area contributed by atoms with Crippen molar-refractivity contribution in [3.63, 3.8) is 0 Å². The molecule has 134 valence electrons. The first-order chi connectivity index (χ1) is 12.4. The number of ketones is 1. The molecule has 0 aliphatic carbocycles. The molecule has 0 spiro atoms. The van der Waals surface area contributed by atoms with Crippen LogP contribution in [0.4, 0.5) is 5.82 Å². The standard InChI is InChI=1S/C20H19Cl2N3O/c1-12(2)18-10-19(25-20-17(18)4-3-5-23-20)24-11-16(26)8-13-6-14(21)9-15(22)7-13/h3-7,9-10,12H,8,11H2,1-2H3,(H,23,24,25). The van der Waals surface area contributed by atoms with Gasteiger partial charge < -0.3 is 5.32 Å². The van der Waals surface area contributed by atoms with E-state index < -0.39 is 0 Å². The first-order valence-electron chi connectivity index (χ1n) is 8.38. The largest absolute Gasteiger partial charge is 0.363 e. The number of anilines is 1. The van der Waals surface area contributed by atoms with E-state index in [9.17, 15) is 4.79 Å². The van der Waals surface area contributed by atoms with Gasteiger partial charge in [-0.15, -0.1) is 0 Å². The summed E-state index contributed by atoms with van der Waals surface area (Å²) in [5.74, 6) is 1.00. The van der Waals surface area contributed by atoms with E-state index in [4.69, 9.17) is 23.2 Å². The summed E-state index contributed by atoms with van der Waals surface area (Å²) in [4.78, 5) is 21.1. The maximum atomic E-state index is 12.3. The van der Waals surface area contributed by atoms with Crippen molar-refractivity contribution in [2.75, 3.05) is 11.9 Å². The van der Waals surface area contributed by atoms with Gasteiger partial charge in [0.25, 0.3) is 0 Å². The van der Waals surface area contributed by atoms with Crippen LogP contribution in [0.25, 0.3) is 11.0 Å². The average molecular weight is 388 g/mol. The fraction of sp³-hybridized carbons (Fsp3) is 0.250. The van der Waals surface area contributed by atoms with Crippen molar-refractivity contribution in [2.24, 2.45) is 0 Å². The molecule has 0 aliphatic rings. The molecule has 2 aromatic heterocycles. The molecule has 0 radical (unpaired) electrons. The molecule has 3 aromatic rings. The molecule has 0 amide bonds. The minimum absolute atomic E-state index is 0.0253. The maximum absolute atomic E-state index is 12.3. The predicted molar refractivity (Wildman–Crippen MR) is 107 cm³/mol. The highest BCUT2D eigenvalue weighted by Crippen LogP contribution is 2.26. The number of hydrogen-bond acceptors (Lipinski definition) is 4. The first-order valence-corrected chi connectivity index (χ1v) is 9.14. The SMILES string of the molecule is CC(C)c1cc(NCC(=O)Cc2cc(Cl)cc(Cl)c2)nc2ncccc12. The molecule has 0 aliphatic heterocycles. The highest BCUT2D eigenvalue weighted by molar-refractivity contribution is 6.34. The topological polar surface area (TPSA) is 54.9 Å². The predicted octanol–water partition coefficient (Wildman–Crippen LogP) is 5.28. The Morgan fingerprint density at radius 1 is 1.15 bits per heavy atom. The Labute approximate surface area is 162 Å². The molecule has 1 aromatic carbocycles. The van der Waals surface area contributed by atoms with E-state index in [0.717, 1.165) is 16.5 Å². The highest BCUT2D eigenvalue weighted by Gasteiger charge is 2.11. The normalized spacial score (nSPS) is 11.1. The van der Waals surface area contributed by atoms with Crippen molar-refractivity contribution in [3.05, 3.63) is 63.8 Å². The fourth-order valence-corrected chi connectivity index (χ4v) is 3.41. The second-order valence-electron chi connectivity index (χ2n) is 6.47. The number of carbonyl (C=O) groups is 1. The van der Waals surface area contributed by atoms with Gasteiger partial charge >= 0.3 is 0 Å². The van der Waals surface area contributed by atoms with E-state index in [1.54, 1.807) is 24.4 Å². The van der Waals surface area contributed by atoms with Crippen LogP contribution in [0.1, 0.15) is 30.9 Å². The van der Waals surface area contributed by atoms with Crippen LogP contribution in [0.15, 0.2) is 42.6 Å². The monoisotopic (exact) mass is 387 g/mol. The van der Waals surface area contributed by atoms with E-state index in [-0.39, 0.29) is 18.7 Å². The van der Waals surface area contributed by atoms with Crippen LogP contribution in [-0.4, -0.2) is 22.3 Å². The van der Waals surface area contributed by atoms with Crippen LogP contribution in [0.5, 0.6) is 0 Å². The number of rotatable bonds is 6. The Hall–Kier alpha value is -2.17. The summed E-state index contributed by atoms with van der Waals surface area (Å²) in [6.45, 7) is 4.42. The third-order valence-corrected chi connectivity index (χ3v) is 4.47. The Morgan fingerprint density at radius 2 is 1.88 bits per heavy atom. The number of nitrogens with one attached hydrogen (secondary N) is 1. The number of fused-ring (bicyclic) bond motifs is 1. The van der Waals surface area contributed by atoms with Gasteiger partial charge in [-0.25, -0.2) is 9.97 Å². The number of carbonyl (C=O) groups excluding carboxylic acids is 1. The molecule has 0 bridgehead atoms. The molecule has 1 N–H and O–H groups in total. The number of benzene rings is 1. The average Bonchev–Trinajstić information content (AvgIpc) is 2.58. The van der Waals surface area contributed by atoms with E-state index in [1.165, 1.54) is 0 Å². The van der Waals surface area contributed by atoms with E-state index in [1.807, 2.05) is 18.2 Å². The molecular formula is C20H19Cl2N3O. The second kappa shape index (κ2) is 8.02. The summed E-state index contributed by atoms with van der Waals surface area (Å²) in [5, 5.41) is 5.20. The van der Waals surface area contributed by atoms with Crippen molar-refractivity contribution in [2.45, 2.75) is 26.2 Å². The highest BCUT2D eigenvalue weighted by atomic mass is 35.5. The van der Waals surface area contributed by atoms with Crippen LogP contribution in [0.3, 0.4) is 0 Å². The lowest BCUT2D eigenvalue weighted by Crippen LogP contribution is -2.17. The van der Waals surface area contributed by atoms with Gasteiger partial charge in [-0.3, -0.25) is 4.79 Å². The summed E-state index contributed by atoms with van der Waals surface area (Å²) in [7, 11) is 0. The van der Waals surface area contributed by atoms with Crippen LogP contribution in [0, 0.1) is 0 Å². The Balaban J connectivity index is 1.73. The zero-order valence-electron chi connectivity index (χ0n) is 14.6. The molecule has 3 rings (SSSR count). The van der Waals surface area contributed by atoms with Crippen molar-refractivity contribution < 1.29 is 4.79 Å². The smallest absolute Gasteiger partial charge is 0.161 e. The van der Waals surface area contributed by atoms with E-state index >= 15 is 0 Å². The molecular weight excluding hydrogens is 369 g/mol. The van der Waals surface area contributed by atoms with Gasteiger partial charge in [0.2, 0.25) is 0 Å². The number of hydrogen-bond donors (Lipinski definition) is 1. The van der Waals surface area contributed by atoms with Crippen molar-refractivity contribution in [3.8, 4) is 0 Å². The summed E-state index contributed by atoms with van der Waals surface area (Å²) < 4.78 is 0. The second-order valence-corrected chi connectivity index (χ2v) is 7.35. The lowest BCUT2D eigenvalue weighted by atomic mass is 10.0. The Morgan fingerprint density at radius 3 is 2.58 bits per heavy atom. The molecule has 6 heteroatoms. The lowest BCUT2D eigenvalue weighted by molar-refractivity contribution is -0.116. The molecule has 0 atom stereocenters. The number of aromatic nitrogens is 2. The summed E-state index contributed by atoms with van der Waals surface area (Å²) in [6, 6.07) is 11.1. The quantitative estimate of drug-likeness (QED) is 0.624. The van der Waals surface area contributed by atoms with Crippen molar-refractivity contribution >= 4 is 45.8 Å². The zero-order valence-corrected chi connectivity index (χ0v) is 16.1. The van der Waals surface area contributed by atoms with Gasteiger partial charge in [-0.2, -0.15) is 0 Å². The third-order valence-electron chi connectivity index (χ3n) is 4.03. The Kier molecular flexibility index (Phi) is 5.74. The molecule has 26 heavy (non-hydrogen) atoms. The summed E-state index contributed by atoms with van der Waals surface area (Å²) >= 11 is 12.0. The van der Waals surface area contributed by atoms with Crippen LogP contribution in [-0.2, 0) is 11.2 Å². The minimum Gasteiger partial charge on any atom is -0.363 e.